The van der Waals surface area contributed by atoms with Crippen molar-refractivity contribution in [3.05, 3.63) is 59.7 Å². The Morgan fingerprint density at radius 3 is 2.45 bits per heavy atom. The summed E-state index contributed by atoms with van der Waals surface area (Å²) in [5.74, 6) is -0.148. The molecular formula is C15H12F3NO. The molecule has 1 unspecified atom stereocenters. The summed E-state index contributed by atoms with van der Waals surface area (Å²) in [4.78, 5) is 0. The number of hydrogen-bond acceptors (Lipinski definition) is 2. The van der Waals surface area contributed by atoms with Crippen LogP contribution in [0.1, 0.15) is 17.2 Å². The van der Waals surface area contributed by atoms with Crippen LogP contribution < -0.4 is 10.1 Å². The normalized spacial score (nSPS) is 17.4. The third kappa shape index (κ3) is 2.57. The number of halogens is 3. The minimum atomic E-state index is -4.68. The number of nitrogens with one attached hydrogen (secondary N) is 1. The maximum Gasteiger partial charge on any atom is 0.573 e. The fourth-order valence-electron chi connectivity index (χ4n) is 2.47. The van der Waals surface area contributed by atoms with Crippen LogP contribution in [-0.2, 0) is 6.42 Å². The molecule has 5 heteroatoms. The van der Waals surface area contributed by atoms with Crippen LogP contribution in [0, 0.1) is 0 Å². The molecule has 0 radical (unpaired) electrons. The zero-order valence-corrected chi connectivity index (χ0v) is 10.4. The van der Waals surface area contributed by atoms with E-state index in [-0.39, 0.29) is 11.8 Å². The molecule has 0 saturated heterocycles. The van der Waals surface area contributed by atoms with Crippen LogP contribution in [0.5, 0.6) is 5.75 Å². The zero-order valence-electron chi connectivity index (χ0n) is 10.4. The predicted molar refractivity (Wildman–Crippen MR) is 69.6 cm³/mol. The maximum absolute atomic E-state index is 12.4. The third-order valence-electron chi connectivity index (χ3n) is 3.29. The van der Waals surface area contributed by atoms with Gasteiger partial charge >= 0.3 is 6.36 Å². The molecule has 2 nitrogen and oxygen atoms in total. The number of alkyl halides is 3. The van der Waals surface area contributed by atoms with E-state index >= 15 is 0 Å². The summed E-state index contributed by atoms with van der Waals surface area (Å²) in [6.45, 7) is 0. The largest absolute Gasteiger partial charge is 0.573 e. The molecule has 0 amide bonds. The molecule has 0 saturated carbocycles. The van der Waals surface area contributed by atoms with Crippen LogP contribution in [0.15, 0.2) is 48.5 Å². The first kappa shape index (κ1) is 12.8. The average molecular weight is 279 g/mol. The first-order valence-electron chi connectivity index (χ1n) is 6.22. The van der Waals surface area contributed by atoms with E-state index in [1.807, 2.05) is 24.3 Å². The van der Waals surface area contributed by atoms with Crippen molar-refractivity contribution in [1.29, 1.82) is 0 Å². The van der Waals surface area contributed by atoms with E-state index in [1.165, 1.54) is 12.1 Å². The van der Waals surface area contributed by atoms with Crippen LogP contribution in [-0.4, -0.2) is 6.36 Å². The van der Waals surface area contributed by atoms with Gasteiger partial charge in [-0.25, -0.2) is 0 Å². The van der Waals surface area contributed by atoms with Gasteiger partial charge in [-0.1, -0.05) is 36.4 Å². The van der Waals surface area contributed by atoms with Gasteiger partial charge < -0.3 is 10.1 Å². The Morgan fingerprint density at radius 1 is 1.00 bits per heavy atom. The van der Waals surface area contributed by atoms with Crippen molar-refractivity contribution in [1.82, 2.24) is 0 Å². The molecule has 1 N–H and O–H groups in total. The number of anilines is 1. The van der Waals surface area contributed by atoms with E-state index in [2.05, 4.69) is 10.1 Å². The van der Waals surface area contributed by atoms with Gasteiger partial charge in [0.15, 0.2) is 0 Å². The number of fused-ring (bicyclic) bond motifs is 1. The van der Waals surface area contributed by atoms with Gasteiger partial charge in [0, 0.05) is 11.3 Å². The number of benzene rings is 2. The van der Waals surface area contributed by atoms with Crippen molar-refractivity contribution in [2.45, 2.75) is 18.8 Å². The lowest BCUT2D eigenvalue weighted by molar-refractivity contribution is -0.274. The zero-order chi connectivity index (χ0) is 14.2. The Kier molecular flexibility index (Phi) is 3.04. The molecule has 0 aliphatic carbocycles. The van der Waals surface area contributed by atoms with E-state index in [0.29, 0.717) is 12.0 Å². The molecule has 0 bridgehead atoms. The highest BCUT2D eigenvalue weighted by molar-refractivity contribution is 5.59. The molecule has 1 aliphatic rings. The third-order valence-corrected chi connectivity index (χ3v) is 3.29. The van der Waals surface area contributed by atoms with E-state index in [4.69, 9.17) is 0 Å². The Balaban J connectivity index is 1.89. The summed E-state index contributed by atoms with van der Waals surface area (Å²) in [5, 5.41) is 3.23. The minimum absolute atomic E-state index is 0.148. The lowest BCUT2D eigenvalue weighted by Crippen LogP contribution is -2.19. The van der Waals surface area contributed by atoms with Gasteiger partial charge in [-0.3, -0.25) is 0 Å². The van der Waals surface area contributed by atoms with Gasteiger partial charge in [0.1, 0.15) is 5.75 Å². The van der Waals surface area contributed by atoms with E-state index in [0.717, 1.165) is 11.3 Å². The molecular weight excluding hydrogens is 267 g/mol. The van der Waals surface area contributed by atoms with E-state index in [9.17, 15) is 13.2 Å². The van der Waals surface area contributed by atoms with Gasteiger partial charge in [-0.2, -0.15) is 0 Å². The highest BCUT2D eigenvalue weighted by Gasteiger charge is 2.33. The monoisotopic (exact) mass is 279 g/mol. The fourth-order valence-corrected chi connectivity index (χ4v) is 2.47. The van der Waals surface area contributed by atoms with E-state index in [1.54, 1.807) is 12.1 Å². The van der Waals surface area contributed by atoms with Crippen LogP contribution in [0.3, 0.4) is 0 Å². The maximum atomic E-state index is 12.4. The van der Waals surface area contributed by atoms with Crippen LogP contribution in [0.25, 0.3) is 0 Å². The van der Waals surface area contributed by atoms with Gasteiger partial charge in [0.25, 0.3) is 0 Å². The smallest absolute Gasteiger partial charge is 0.405 e. The molecule has 20 heavy (non-hydrogen) atoms. The van der Waals surface area contributed by atoms with Gasteiger partial charge in [-0.15, -0.1) is 13.2 Å². The number of ether oxygens (including phenoxy) is 1. The molecule has 104 valence electrons. The Labute approximate surface area is 114 Å². The molecule has 1 heterocycles. The summed E-state index contributed by atoms with van der Waals surface area (Å²) >= 11 is 0. The lowest BCUT2D eigenvalue weighted by Gasteiger charge is -2.17. The van der Waals surface area contributed by atoms with Crippen molar-refractivity contribution in [2.24, 2.45) is 0 Å². The Bertz CT molecular complexity index is 600. The van der Waals surface area contributed by atoms with E-state index < -0.39 is 6.36 Å². The van der Waals surface area contributed by atoms with Crippen molar-refractivity contribution >= 4 is 5.69 Å². The van der Waals surface area contributed by atoms with Crippen LogP contribution in [0.2, 0.25) is 0 Å². The summed E-state index contributed by atoms with van der Waals surface area (Å²) in [7, 11) is 0. The first-order chi connectivity index (χ1) is 9.53. The van der Waals surface area contributed by atoms with Gasteiger partial charge in [0.05, 0.1) is 6.04 Å². The predicted octanol–water partition coefficient (Wildman–Crippen LogP) is 4.29. The average Bonchev–Trinajstić information content (AvgIpc) is 2.81. The molecule has 2 aromatic carbocycles. The van der Waals surface area contributed by atoms with Gasteiger partial charge in [0.2, 0.25) is 0 Å². The summed E-state index contributed by atoms with van der Waals surface area (Å²) in [6.07, 6.45) is -4.03. The molecule has 3 rings (SSSR count). The summed E-state index contributed by atoms with van der Waals surface area (Å²) in [6, 6.07) is 13.7. The van der Waals surface area contributed by atoms with Gasteiger partial charge in [-0.05, 0) is 24.1 Å². The number of para-hydroxylation sites is 2. The highest BCUT2D eigenvalue weighted by Crippen LogP contribution is 2.38. The topological polar surface area (TPSA) is 21.3 Å². The second-order valence-electron chi connectivity index (χ2n) is 4.64. The SMILES string of the molecule is FC(F)(F)Oc1ccccc1C1Cc2ccccc2N1. The van der Waals surface area contributed by atoms with Crippen LogP contribution in [0.4, 0.5) is 18.9 Å². The first-order valence-corrected chi connectivity index (χ1v) is 6.22. The second-order valence-corrected chi connectivity index (χ2v) is 4.64. The standard InChI is InChI=1S/C15H12F3NO/c16-15(17,18)20-14-8-4-2-6-11(14)13-9-10-5-1-3-7-12(10)19-13/h1-8,13,19H,9H2. The van der Waals surface area contributed by atoms with Crippen molar-refractivity contribution in [3.63, 3.8) is 0 Å². The second kappa shape index (κ2) is 4.74. The van der Waals surface area contributed by atoms with Crippen LogP contribution >= 0.6 is 0 Å². The molecule has 2 aromatic rings. The number of hydrogen-bond donors (Lipinski definition) is 1. The van der Waals surface area contributed by atoms with Crippen molar-refractivity contribution < 1.29 is 17.9 Å². The Hall–Kier alpha value is -2.17. The molecule has 1 aliphatic heterocycles. The quantitative estimate of drug-likeness (QED) is 0.885. The highest BCUT2D eigenvalue weighted by atomic mass is 19.4. The van der Waals surface area contributed by atoms with Crippen molar-refractivity contribution in [3.8, 4) is 5.75 Å². The Morgan fingerprint density at radius 2 is 1.70 bits per heavy atom. The molecule has 0 aromatic heterocycles. The molecule has 1 atom stereocenters. The lowest BCUT2D eigenvalue weighted by atomic mass is 10.0. The van der Waals surface area contributed by atoms with Crippen molar-refractivity contribution in [2.75, 3.05) is 5.32 Å². The fraction of sp³-hybridized carbons (Fsp3) is 0.200. The molecule has 0 spiro atoms. The molecule has 0 fully saturated rings. The summed E-state index contributed by atoms with van der Waals surface area (Å²) < 4.78 is 41.4. The number of rotatable bonds is 2. The summed E-state index contributed by atoms with van der Waals surface area (Å²) in [5.41, 5.74) is 2.57. The minimum Gasteiger partial charge on any atom is -0.405 e.